The summed E-state index contributed by atoms with van der Waals surface area (Å²) in [7, 11) is 0. The van der Waals surface area contributed by atoms with Crippen LogP contribution in [-0.4, -0.2) is 30.9 Å². The third-order valence-corrected chi connectivity index (χ3v) is 1.80. The van der Waals surface area contributed by atoms with Gasteiger partial charge < -0.3 is 10.6 Å². The average Bonchev–Trinajstić information content (AvgIpc) is 2.34. The number of carbonyl (C=O) groups is 1. The van der Waals surface area contributed by atoms with Crippen LogP contribution in [0.1, 0.15) is 6.42 Å². The number of likely N-dealkylation sites (tertiary alicyclic amines) is 1. The first-order valence-electron chi connectivity index (χ1n) is 3.26. The maximum Gasteiger partial charge on any atom is 0.209 e. The van der Waals surface area contributed by atoms with Gasteiger partial charge in [-0.05, 0) is 18.9 Å². The highest BCUT2D eigenvalue weighted by Gasteiger charge is 2.18. The molecule has 0 radical (unpaired) electrons. The molecule has 1 atom stereocenters. The second-order valence-corrected chi connectivity index (χ2v) is 2.49. The van der Waals surface area contributed by atoms with Gasteiger partial charge in [0.1, 0.15) is 0 Å². The lowest BCUT2D eigenvalue weighted by molar-refractivity contribution is -0.117. The molecular weight excluding hydrogens is 116 g/mol. The zero-order valence-corrected chi connectivity index (χ0v) is 5.42. The molecule has 1 aliphatic rings. The van der Waals surface area contributed by atoms with E-state index in [0.29, 0.717) is 12.5 Å². The van der Waals surface area contributed by atoms with Gasteiger partial charge in [-0.1, -0.05) is 0 Å². The van der Waals surface area contributed by atoms with E-state index in [1.165, 1.54) is 0 Å². The second-order valence-electron chi connectivity index (χ2n) is 2.49. The minimum atomic E-state index is 0.551. The highest BCUT2D eigenvalue weighted by molar-refractivity contribution is 5.47. The lowest BCUT2D eigenvalue weighted by atomic mass is 10.1. The van der Waals surface area contributed by atoms with E-state index < -0.39 is 0 Å². The van der Waals surface area contributed by atoms with E-state index in [2.05, 4.69) is 0 Å². The van der Waals surface area contributed by atoms with Crippen molar-refractivity contribution in [2.24, 2.45) is 11.7 Å². The van der Waals surface area contributed by atoms with Crippen molar-refractivity contribution in [3.8, 4) is 0 Å². The SMILES string of the molecule is NCC1CCN(C=O)C1. The van der Waals surface area contributed by atoms with Crippen LogP contribution in [0.2, 0.25) is 0 Å². The van der Waals surface area contributed by atoms with Gasteiger partial charge in [0.2, 0.25) is 6.41 Å². The molecule has 1 fully saturated rings. The summed E-state index contributed by atoms with van der Waals surface area (Å²) in [6.07, 6.45) is 1.98. The molecule has 2 N–H and O–H groups in total. The van der Waals surface area contributed by atoms with Crippen LogP contribution < -0.4 is 5.73 Å². The summed E-state index contributed by atoms with van der Waals surface area (Å²) in [4.78, 5) is 11.9. The molecule has 0 aromatic carbocycles. The van der Waals surface area contributed by atoms with E-state index in [1.54, 1.807) is 4.90 Å². The number of rotatable bonds is 2. The molecular formula is C6H12N2O. The maximum absolute atomic E-state index is 10.2. The molecule has 3 nitrogen and oxygen atoms in total. The van der Waals surface area contributed by atoms with Gasteiger partial charge >= 0.3 is 0 Å². The van der Waals surface area contributed by atoms with E-state index >= 15 is 0 Å². The topological polar surface area (TPSA) is 46.3 Å². The van der Waals surface area contributed by atoms with Crippen LogP contribution in [0.25, 0.3) is 0 Å². The molecule has 1 heterocycles. The van der Waals surface area contributed by atoms with Crippen LogP contribution in [0, 0.1) is 5.92 Å². The highest BCUT2D eigenvalue weighted by atomic mass is 16.1. The minimum absolute atomic E-state index is 0.551. The number of hydrogen-bond acceptors (Lipinski definition) is 2. The summed E-state index contributed by atoms with van der Waals surface area (Å²) in [6.45, 7) is 2.47. The van der Waals surface area contributed by atoms with Gasteiger partial charge in [0, 0.05) is 13.1 Å². The van der Waals surface area contributed by atoms with Crippen molar-refractivity contribution in [1.82, 2.24) is 4.90 Å². The lowest BCUT2D eigenvalue weighted by Crippen LogP contribution is -2.21. The molecule has 1 saturated heterocycles. The molecule has 0 bridgehead atoms. The number of nitrogens with zero attached hydrogens (tertiary/aromatic N) is 1. The van der Waals surface area contributed by atoms with Crippen molar-refractivity contribution in [2.75, 3.05) is 19.6 Å². The first-order chi connectivity index (χ1) is 4.36. The normalized spacial score (nSPS) is 26.8. The molecule has 1 amide bonds. The summed E-state index contributed by atoms with van der Waals surface area (Å²) in [5.41, 5.74) is 5.41. The van der Waals surface area contributed by atoms with Crippen molar-refractivity contribution in [2.45, 2.75) is 6.42 Å². The second kappa shape index (κ2) is 2.82. The number of carbonyl (C=O) groups excluding carboxylic acids is 1. The van der Waals surface area contributed by atoms with Crippen molar-refractivity contribution >= 4 is 6.41 Å². The summed E-state index contributed by atoms with van der Waals surface area (Å²) in [6, 6.07) is 0. The molecule has 1 unspecified atom stereocenters. The molecule has 0 saturated carbocycles. The fourth-order valence-electron chi connectivity index (χ4n) is 1.15. The van der Waals surface area contributed by atoms with Crippen LogP contribution in [0.5, 0.6) is 0 Å². The fourth-order valence-corrected chi connectivity index (χ4v) is 1.15. The van der Waals surface area contributed by atoms with Crippen LogP contribution >= 0.6 is 0 Å². The van der Waals surface area contributed by atoms with Gasteiger partial charge in [0.25, 0.3) is 0 Å². The third-order valence-electron chi connectivity index (χ3n) is 1.80. The smallest absolute Gasteiger partial charge is 0.209 e. The molecule has 0 aliphatic carbocycles. The van der Waals surface area contributed by atoms with E-state index in [1.807, 2.05) is 0 Å². The quantitative estimate of drug-likeness (QED) is 0.506. The predicted molar refractivity (Wildman–Crippen MR) is 34.8 cm³/mol. The van der Waals surface area contributed by atoms with E-state index in [9.17, 15) is 4.79 Å². The summed E-state index contributed by atoms with van der Waals surface area (Å²) in [5.74, 6) is 0.551. The monoisotopic (exact) mass is 128 g/mol. The Labute approximate surface area is 54.8 Å². The molecule has 52 valence electrons. The van der Waals surface area contributed by atoms with Crippen molar-refractivity contribution in [3.63, 3.8) is 0 Å². The number of amides is 1. The molecule has 1 rings (SSSR count). The number of hydrogen-bond donors (Lipinski definition) is 1. The van der Waals surface area contributed by atoms with Crippen LogP contribution in [0.15, 0.2) is 0 Å². The maximum atomic E-state index is 10.2. The largest absolute Gasteiger partial charge is 0.345 e. The van der Waals surface area contributed by atoms with Crippen LogP contribution in [0.4, 0.5) is 0 Å². The van der Waals surface area contributed by atoms with Crippen LogP contribution in [-0.2, 0) is 4.79 Å². The Hall–Kier alpha value is -0.570. The van der Waals surface area contributed by atoms with Crippen molar-refractivity contribution < 1.29 is 4.79 Å². The van der Waals surface area contributed by atoms with Gasteiger partial charge in [-0.3, -0.25) is 4.79 Å². The minimum Gasteiger partial charge on any atom is -0.345 e. The number of nitrogens with two attached hydrogens (primary N) is 1. The first-order valence-corrected chi connectivity index (χ1v) is 3.26. The van der Waals surface area contributed by atoms with Crippen molar-refractivity contribution in [1.29, 1.82) is 0 Å². The summed E-state index contributed by atoms with van der Waals surface area (Å²) < 4.78 is 0. The molecule has 3 heteroatoms. The Balaban J connectivity index is 2.28. The van der Waals surface area contributed by atoms with Gasteiger partial charge in [0.05, 0.1) is 0 Å². The first kappa shape index (κ1) is 6.55. The Kier molecular flexibility index (Phi) is 2.05. The van der Waals surface area contributed by atoms with Gasteiger partial charge in [-0.25, -0.2) is 0 Å². The fraction of sp³-hybridized carbons (Fsp3) is 0.833. The predicted octanol–water partition coefficient (Wildman–Crippen LogP) is -0.577. The van der Waals surface area contributed by atoms with Gasteiger partial charge in [0.15, 0.2) is 0 Å². The molecule has 1 aliphatic heterocycles. The van der Waals surface area contributed by atoms with E-state index in [4.69, 9.17) is 5.73 Å². The molecule has 0 aromatic heterocycles. The Bertz CT molecular complexity index is 105. The van der Waals surface area contributed by atoms with E-state index in [0.717, 1.165) is 25.9 Å². The van der Waals surface area contributed by atoms with Crippen LogP contribution in [0.3, 0.4) is 0 Å². The third kappa shape index (κ3) is 1.42. The summed E-state index contributed by atoms with van der Waals surface area (Å²) in [5, 5.41) is 0. The molecule has 0 spiro atoms. The summed E-state index contributed by atoms with van der Waals surface area (Å²) >= 11 is 0. The highest BCUT2D eigenvalue weighted by Crippen LogP contribution is 2.11. The Morgan fingerprint density at radius 1 is 1.78 bits per heavy atom. The van der Waals surface area contributed by atoms with E-state index in [-0.39, 0.29) is 0 Å². The zero-order valence-electron chi connectivity index (χ0n) is 5.42. The zero-order chi connectivity index (χ0) is 6.69. The van der Waals surface area contributed by atoms with Crippen molar-refractivity contribution in [3.05, 3.63) is 0 Å². The molecule has 0 aromatic rings. The Morgan fingerprint density at radius 3 is 2.89 bits per heavy atom. The Morgan fingerprint density at radius 2 is 2.56 bits per heavy atom. The lowest BCUT2D eigenvalue weighted by Gasteiger charge is -2.06. The molecule has 9 heavy (non-hydrogen) atoms. The standard InChI is InChI=1S/C6H12N2O/c7-3-6-1-2-8(4-6)5-9/h5-6H,1-4,7H2. The average molecular weight is 128 g/mol. The van der Waals surface area contributed by atoms with Gasteiger partial charge in [-0.2, -0.15) is 0 Å². The van der Waals surface area contributed by atoms with Gasteiger partial charge in [-0.15, -0.1) is 0 Å².